The molecule has 0 aliphatic carbocycles. The normalized spacial score (nSPS) is 15.0. The molecule has 0 saturated heterocycles. The van der Waals surface area contributed by atoms with Gasteiger partial charge in [0.05, 0.1) is 6.10 Å². The van der Waals surface area contributed by atoms with Gasteiger partial charge in [0.2, 0.25) is 22.5 Å². The number of hydrogen-bond donors (Lipinski definition) is 0. The van der Waals surface area contributed by atoms with Crippen molar-refractivity contribution in [3.8, 4) is 0 Å². The maximum atomic E-state index is 6.78. The molecule has 0 heterocycles. The Balaban J connectivity index is 3.01. The van der Waals surface area contributed by atoms with Gasteiger partial charge in [-0.05, 0) is 55.3 Å². The van der Waals surface area contributed by atoms with E-state index in [4.69, 9.17) is 13.8 Å². The van der Waals surface area contributed by atoms with E-state index < -0.39 is 16.6 Å². The van der Waals surface area contributed by atoms with Crippen molar-refractivity contribution in [2.45, 2.75) is 95.7 Å². The van der Waals surface area contributed by atoms with Crippen molar-refractivity contribution >= 4 is 34.6 Å². The van der Waals surface area contributed by atoms with Crippen LogP contribution in [0, 0.1) is 0 Å². The zero-order valence-corrected chi connectivity index (χ0v) is 22.8. The first kappa shape index (κ1) is 26.2. The number of thioether (sulfide) groups is 1. The van der Waals surface area contributed by atoms with Gasteiger partial charge < -0.3 is 8.85 Å². The fourth-order valence-corrected chi connectivity index (χ4v) is 11.0. The van der Waals surface area contributed by atoms with Crippen molar-refractivity contribution < 1.29 is 8.85 Å². The summed E-state index contributed by atoms with van der Waals surface area (Å²) in [7, 11) is -3.69. The summed E-state index contributed by atoms with van der Waals surface area (Å²) >= 11 is 1.64. The molecule has 164 valence electrons. The summed E-state index contributed by atoms with van der Waals surface area (Å²) in [5.74, 6) is 0.680. The van der Waals surface area contributed by atoms with E-state index in [0.717, 1.165) is 0 Å². The number of hydrogen-bond acceptors (Lipinski definition) is 4. The molecule has 1 aromatic carbocycles. The highest BCUT2D eigenvalue weighted by Crippen LogP contribution is 2.42. The lowest BCUT2D eigenvalue weighted by molar-refractivity contribution is 0.253. The largest absolute Gasteiger partial charge is 0.531 e. The molecule has 0 unspecified atom stereocenters. The van der Waals surface area contributed by atoms with Crippen LogP contribution in [0.25, 0.3) is 0 Å². The Kier molecular flexibility index (Phi) is 10.4. The summed E-state index contributed by atoms with van der Waals surface area (Å²) in [6, 6.07) is 10.3. The highest BCUT2D eigenvalue weighted by molar-refractivity contribution is 8.02. The van der Waals surface area contributed by atoms with Crippen LogP contribution in [-0.4, -0.2) is 29.0 Å². The third-order valence-corrected chi connectivity index (χ3v) is 12.8. The molecule has 0 saturated carbocycles. The molecule has 0 N–H and O–H groups in total. The fraction of sp³-hybridized carbons (Fsp3) is 0.609. The molecule has 29 heavy (non-hydrogen) atoms. The summed E-state index contributed by atoms with van der Waals surface area (Å²) in [6.07, 6.45) is 1.89. The second-order valence-corrected chi connectivity index (χ2v) is 20.3. The average Bonchev–Trinajstić information content (AvgIpc) is 2.60. The van der Waals surface area contributed by atoms with Gasteiger partial charge in [0.1, 0.15) is 0 Å². The van der Waals surface area contributed by atoms with E-state index in [1.165, 1.54) is 4.90 Å². The van der Waals surface area contributed by atoms with E-state index in [1.807, 2.05) is 29.8 Å². The second-order valence-electron chi connectivity index (χ2n) is 9.52. The molecule has 0 bridgehead atoms. The first-order valence-electron chi connectivity index (χ1n) is 10.7. The number of aliphatic imine (C=N–C) groups is 1. The zero-order chi connectivity index (χ0) is 22.2. The Bertz CT molecular complexity index is 645. The molecule has 0 aromatic heterocycles. The van der Waals surface area contributed by atoms with Crippen LogP contribution in [0.5, 0.6) is 0 Å². The van der Waals surface area contributed by atoms with E-state index in [9.17, 15) is 0 Å². The lowest BCUT2D eigenvalue weighted by Crippen LogP contribution is -2.50. The lowest BCUT2D eigenvalue weighted by Gasteiger charge is -2.43. The van der Waals surface area contributed by atoms with Crippen LogP contribution in [0.15, 0.2) is 51.5 Å². The summed E-state index contributed by atoms with van der Waals surface area (Å²) < 4.78 is 13.0. The van der Waals surface area contributed by atoms with Gasteiger partial charge in [0.25, 0.3) is 0 Å². The van der Waals surface area contributed by atoms with E-state index >= 15 is 0 Å². The van der Waals surface area contributed by atoms with E-state index in [-0.39, 0.29) is 6.10 Å². The first-order chi connectivity index (χ1) is 13.4. The van der Waals surface area contributed by atoms with Crippen LogP contribution in [0.4, 0.5) is 0 Å². The van der Waals surface area contributed by atoms with Gasteiger partial charge in [-0.25, -0.2) is 4.99 Å². The molecule has 0 fully saturated rings. The van der Waals surface area contributed by atoms with Crippen LogP contribution in [0.2, 0.25) is 36.3 Å². The van der Waals surface area contributed by atoms with Crippen LogP contribution in [0.3, 0.4) is 0 Å². The highest BCUT2D eigenvalue weighted by atomic mass is 32.2. The molecule has 0 aliphatic rings. The highest BCUT2D eigenvalue weighted by Gasteiger charge is 2.45. The van der Waals surface area contributed by atoms with E-state index in [2.05, 4.69) is 80.2 Å². The molecular weight excluding hydrogens is 410 g/mol. The Morgan fingerprint density at radius 1 is 0.897 bits per heavy atom. The Morgan fingerprint density at radius 3 is 1.86 bits per heavy atom. The van der Waals surface area contributed by atoms with Gasteiger partial charge in [-0.1, -0.05) is 71.5 Å². The Morgan fingerprint density at radius 2 is 1.41 bits per heavy atom. The standard InChI is InChI=1S/C23H41NO2SSi2/c1-18(2)29(19(3)4,20(5)6)25-21(7)16-24-23(26-28(8,9)10)17-27-22-14-12-11-13-15-22/h11-21H,1-10H3/b23-17-,24-16+/t21-/m0/s1. The Labute approximate surface area is 185 Å². The van der Waals surface area contributed by atoms with E-state index in [1.54, 1.807) is 11.8 Å². The van der Waals surface area contributed by atoms with E-state index in [0.29, 0.717) is 22.5 Å². The van der Waals surface area contributed by atoms with Crippen molar-refractivity contribution in [3.05, 3.63) is 41.6 Å². The van der Waals surface area contributed by atoms with Gasteiger partial charge in [-0.3, -0.25) is 0 Å². The summed E-state index contributed by atoms with van der Waals surface area (Å²) in [5, 5.41) is 2.01. The van der Waals surface area contributed by atoms with Crippen LogP contribution >= 0.6 is 11.8 Å². The van der Waals surface area contributed by atoms with Gasteiger partial charge in [0, 0.05) is 16.5 Å². The van der Waals surface area contributed by atoms with Crippen molar-refractivity contribution in [2.24, 2.45) is 4.99 Å². The average molecular weight is 452 g/mol. The number of nitrogens with zero attached hydrogens (tertiary/aromatic N) is 1. The minimum Gasteiger partial charge on any atom is -0.531 e. The monoisotopic (exact) mass is 451 g/mol. The quantitative estimate of drug-likeness (QED) is 0.147. The lowest BCUT2D eigenvalue weighted by atomic mass is 10.4. The molecule has 1 aromatic rings. The zero-order valence-electron chi connectivity index (χ0n) is 20.0. The molecule has 3 nitrogen and oxygen atoms in total. The predicted molar refractivity (Wildman–Crippen MR) is 135 cm³/mol. The van der Waals surface area contributed by atoms with Crippen molar-refractivity contribution in [2.75, 3.05) is 0 Å². The minimum absolute atomic E-state index is 0.0378. The molecule has 1 atom stereocenters. The van der Waals surface area contributed by atoms with Gasteiger partial charge in [-0.2, -0.15) is 0 Å². The van der Waals surface area contributed by atoms with Gasteiger partial charge >= 0.3 is 0 Å². The summed E-state index contributed by atoms with van der Waals surface area (Å²) in [6.45, 7) is 22.5. The summed E-state index contributed by atoms with van der Waals surface area (Å²) in [4.78, 5) is 5.89. The first-order valence-corrected chi connectivity index (χ1v) is 17.1. The van der Waals surface area contributed by atoms with Crippen LogP contribution < -0.4 is 0 Å². The van der Waals surface area contributed by atoms with Crippen LogP contribution in [-0.2, 0) is 8.85 Å². The third-order valence-electron chi connectivity index (χ3n) is 4.96. The number of benzene rings is 1. The topological polar surface area (TPSA) is 30.8 Å². The Hall–Kier alpha value is -0.826. The molecular formula is C23H41NO2SSi2. The van der Waals surface area contributed by atoms with Gasteiger partial charge in [0.15, 0.2) is 0 Å². The van der Waals surface area contributed by atoms with Crippen molar-refractivity contribution in [1.82, 2.24) is 0 Å². The minimum atomic E-state index is -1.93. The summed E-state index contributed by atoms with van der Waals surface area (Å²) in [5.41, 5.74) is 1.67. The molecule has 0 spiro atoms. The fourth-order valence-electron chi connectivity index (χ4n) is 3.95. The SMILES string of the molecule is CC(C)[Si](O[C@@H](C)/C=N/C(=C/Sc1ccccc1)O[Si](C)(C)C)(C(C)C)C(C)C. The molecule has 0 radical (unpaired) electrons. The molecule has 1 rings (SSSR count). The van der Waals surface area contributed by atoms with Crippen molar-refractivity contribution in [1.29, 1.82) is 0 Å². The van der Waals surface area contributed by atoms with Crippen LogP contribution in [0.1, 0.15) is 48.5 Å². The molecule has 0 aliphatic heterocycles. The van der Waals surface area contributed by atoms with Crippen molar-refractivity contribution in [3.63, 3.8) is 0 Å². The smallest absolute Gasteiger partial charge is 0.244 e. The maximum Gasteiger partial charge on any atom is 0.244 e. The predicted octanol–water partition coefficient (Wildman–Crippen LogP) is 8.08. The number of rotatable bonds is 11. The third kappa shape index (κ3) is 8.44. The maximum absolute atomic E-state index is 6.78. The molecule has 0 amide bonds. The van der Waals surface area contributed by atoms with Gasteiger partial charge in [-0.15, -0.1) is 0 Å². The molecule has 6 heteroatoms. The second kappa shape index (κ2) is 11.5.